The number of carbonyl (C=O) groups excluding carboxylic acids is 1. The van der Waals surface area contributed by atoms with Crippen molar-refractivity contribution in [1.82, 2.24) is 4.90 Å². The van der Waals surface area contributed by atoms with Gasteiger partial charge < -0.3 is 10.0 Å². The Morgan fingerprint density at radius 2 is 2.33 bits per heavy atom. The van der Waals surface area contributed by atoms with Crippen LogP contribution >= 0.6 is 0 Å². The van der Waals surface area contributed by atoms with Crippen molar-refractivity contribution >= 4 is 5.91 Å². The van der Waals surface area contributed by atoms with Gasteiger partial charge in [0.2, 0.25) is 5.91 Å². The molecule has 1 unspecified atom stereocenters. The highest BCUT2D eigenvalue weighted by molar-refractivity contribution is 5.76. The molecule has 0 aromatic rings. The Balaban J connectivity index is 2.31. The molecule has 0 aromatic heterocycles. The molecule has 1 saturated heterocycles. The molecule has 0 bridgehead atoms. The van der Waals surface area contributed by atoms with Gasteiger partial charge in [0.15, 0.2) is 0 Å². The van der Waals surface area contributed by atoms with Crippen molar-refractivity contribution in [3.63, 3.8) is 0 Å². The maximum absolute atomic E-state index is 11.8. The van der Waals surface area contributed by atoms with Gasteiger partial charge in [0.1, 0.15) is 0 Å². The average Bonchev–Trinajstić information content (AvgIpc) is 2.27. The molecule has 1 aliphatic rings. The van der Waals surface area contributed by atoms with E-state index in [4.69, 9.17) is 5.11 Å². The molecule has 88 valence electrons. The summed E-state index contributed by atoms with van der Waals surface area (Å²) in [4.78, 5) is 13.8. The van der Waals surface area contributed by atoms with Crippen molar-refractivity contribution in [2.75, 3.05) is 19.7 Å². The molecular weight excluding hydrogens is 190 g/mol. The lowest BCUT2D eigenvalue weighted by Gasteiger charge is -2.32. The fourth-order valence-electron chi connectivity index (χ4n) is 2.20. The van der Waals surface area contributed by atoms with Crippen LogP contribution in [0, 0.1) is 5.92 Å². The summed E-state index contributed by atoms with van der Waals surface area (Å²) in [6.07, 6.45) is 5.89. The lowest BCUT2D eigenvalue weighted by atomic mass is 9.95. The molecule has 1 heterocycles. The first-order valence-corrected chi connectivity index (χ1v) is 6.16. The molecule has 0 radical (unpaired) electrons. The number of hydrogen-bond acceptors (Lipinski definition) is 2. The topological polar surface area (TPSA) is 40.5 Å². The zero-order chi connectivity index (χ0) is 11.1. The van der Waals surface area contributed by atoms with E-state index in [1.54, 1.807) is 0 Å². The number of amides is 1. The van der Waals surface area contributed by atoms with E-state index >= 15 is 0 Å². The molecule has 1 rings (SSSR count). The summed E-state index contributed by atoms with van der Waals surface area (Å²) in [5, 5.41) is 8.88. The predicted octanol–water partition coefficient (Wildman–Crippen LogP) is 1.80. The standard InChI is InChI=1S/C12H23NO2/c1-2-3-6-12(15)13-8-4-5-11(10-13)7-9-14/h11,14H,2-10H2,1H3. The zero-order valence-corrected chi connectivity index (χ0v) is 9.74. The molecule has 0 spiro atoms. The van der Waals surface area contributed by atoms with Crippen molar-refractivity contribution < 1.29 is 9.90 Å². The fourth-order valence-corrected chi connectivity index (χ4v) is 2.20. The van der Waals surface area contributed by atoms with Crippen molar-refractivity contribution in [1.29, 1.82) is 0 Å². The molecule has 1 atom stereocenters. The van der Waals surface area contributed by atoms with Gasteiger partial charge in [0, 0.05) is 26.1 Å². The summed E-state index contributed by atoms with van der Waals surface area (Å²) in [6, 6.07) is 0. The molecule has 1 aliphatic heterocycles. The monoisotopic (exact) mass is 213 g/mol. The molecule has 1 fully saturated rings. The van der Waals surface area contributed by atoms with Gasteiger partial charge in [0.05, 0.1) is 0 Å². The summed E-state index contributed by atoms with van der Waals surface area (Å²) < 4.78 is 0. The number of likely N-dealkylation sites (tertiary alicyclic amines) is 1. The zero-order valence-electron chi connectivity index (χ0n) is 9.74. The normalized spacial score (nSPS) is 21.7. The summed E-state index contributed by atoms with van der Waals surface area (Å²) >= 11 is 0. The first-order valence-electron chi connectivity index (χ1n) is 6.16. The number of aliphatic hydroxyl groups is 1. The highest BCUT2D eigenvalue weighted by Crippen LogP contribution is 2.20. The minimum Gasteiger partial charge on any atom is -0.396 e. The van der Waals surface area contributed by atoms with E-state index in [-0.39, 0.29) is 6.61 Å². The van der Waals surface area contributed by atoms with Crippen LogP contribution < -0.4 is 0 Å². The molecular formula is C12H23NO2. The van der Waals surface area contributed by atoms with E-state index in [0.717, 1.165) is 45.2 Å². The van der Waals surface area contributed by atoms with Gasteiger partial charge in [-0.1, -0.05) is 13.3 Å². The number of carbonyl (C=O) groups is 1. The number of rotatable bonds is 5. The van der Waals surface area contributed by atoms with Crippen molar-refractivity contribution in [2.45, 2.75) is 45.4 Å². The molecule has 3 heteroatoms. The second kappa shape index (κ2) is 6.83. The Morgan fingerprint density at radius 1 is 1.53 bits per heavy atom. The Labute approximate surface area is 92.5 Å². The number of nitrogens with zero attached hydrogens (tertiary/aromatic N) is 1. The van der Waals surface area contributed by atoms with Crippen LogP contribution in [-0.2, 0) is 4.79 Å². The van der Waals surface area contributed by atoms with E-state index in [9.17, 15) is 4.79 Å². The van der Waals surface area contributed by atoms with E-state index < -0.39 is 0 Å². The molecule has 15 heavy (non-hydrogen) atoms. The quantitative estimate of drug-likeness (QED) is 0.756. The van der Waals surface area contributed by atoms with Gasteiger partial charge in [-0.25, -0.2) is 0 Å². The maximum atomic E-state index is 11.8. The Morgan fingerprint density at radius 3 is 3.00 bits per heavy atom. The largest absolute Gasteiger partial charge is 0.396 e. The number of hydrogen-bond donors (Lipinski definition) is 1. The minimum absolute atomic E-state index is 0.252. The minimum atomic E-state index is 0.252. The van der Waals surface area contributed by atoms with Crippen LogP contribution in [0.15, 0.2) is 0 Å². The van der Waals surface area contributed by atoms with E-state index in [1.807, 2.05) is 4.90 Å². The molecule has 0 saturated carbocycles. The summed E-state index contributed by atoms with van der Waals surface area (Å²) in [5.41, 5.74) is 0. The van der Waals surface area contributed by atoms with E-state index in [1.165, 1.54) is 0 Å². The fraction of sp³-hybridized carbons (Fsp3) is 0.917. The van der Waals surface area contributed by atoms with Gasteiger partial charge in [-0.3, -0.25) is 4.79 Å². The van der Waals surface area contributed by atoms with Crippen LogP contribution in [-0.4, -0.2) is 35.6 Å². The van der Waals surface area contributed by atoms with Crippen molar-refractivity contribution in [2.24, 2.45) is 5.92 Å². The van der Waals surface area contributed by atoms with Crippen LogP contribution in [0.4, 0.5) is 0 Å². The third-order valence-corrected chi connectivity index (χ3v) is 3.15. The average molecular weight is 213 g/mol. The number of piperidine rings is 1. The second-order valence-corrected chi connectivity index (χ2v) is 4.46. The summed E-state index contributed by atoms with van der Waals surface area (Å²) in [7, 11) is 0. The van der Waals surface area contributed by atoms with Gasteiger partial charge in [0.25, 0.3) is 0 Å². The lowest BCUT2D eigenvalue weighted by molar-refractivity contribution is -0.133. The molecule has 0 aromatic carbocycles. The lowest BCUT2D eigenvalue weighted by Crippen LogP contribution is -2.40. The highest BCUT2D eigenvalue weighted by atomic mass is 16.3. The van der Waals surface area contributed by atoms with Crippen molar-refractivity contribution in [3.8, 4) is 0 Å². The van der Waals surface area contributed by atoms with Gasteiger partial charge in [-0.05, 0) is 31.6 Å². The predicted molar refractivity (Wildman–Crippen MR) is 60.5 cm³/mol. The third-order valence-electron chi connectivity index (χ3n) is 3.15. The van der Waals surface area contributed by atoms with Crippen LogP contribution in [0.5, 0.6) is 0 Å². The van der Waals surface area contributed by atoms with E-state index in [0.29, 0.717) is 18.2 Å². The van der Waals surface area contributed by atoms with Crippen molar-refractivity contribution in [3.05, 3.63) is 0 Å². The van der Waals surface area contributed by atoms with Gasteiger partial charge in [-0.15, -0.1) is 0 Å². The Bertz CT molecular complexity index is 192. The molecule has 3 nitrogen and oxygen atoms in total. The van der Waals surface area contributed by atoms with Gasteiger partial charge in [-0.2, -0.15) is 0 Å². The maximum Gasteiger partial charge on any atom is 0.222 e. The first-order chi connectivity index (χ1) is 7.27. The number of aliphatic hydroxyl groups excluding tert-OH is 1. The Kier molecular flexibility index (Phi) is 5.69. The number of unbranched alkanes of at least 4 members (excludes halogenated alkanes) is 1. The van der Waals surface area contributed by atoms with Crippen LogP contribution in [0.2, 0.25) is 0 Å². The SMILES string of the molecule is CCCCC(=O)N1CCCC(CCO)C1. The smallest absolute Gasteiger partial charge is 0.222 e. The van der Waals surface area contributed by atoms with Crippen LogP contribution in [0.1, 0.15) is 45.4 Å². The summed E-state index contributed by atoms with van der Waals surface area (Å²) in [6.45, 7) is 4.15. The van der Waals surface area contributed by atoms with E-state index in [2.05, 4.69) is 6.92 Å². The molecule has 1 N–H and O–H groups in total. The Hall–Kier alpha value is -0.570. The molecule has 1 amide bonds. The molecule has 0 aliphatic carbocycles. The summed E-state index contributed by atoms with van der Waals surface area (Å²) in [5.74, 6) is 0.828. The highest BCUT2D eigenvalue weighted by Gasteiger charge is 2.22. The van der Waals surface area contributed by atoms with Crippen LogP contribution in [0.25, 0.3) is 0 Å². The van der Waals surface area contributed by atoms with Gasteiger partial charge >= 0.3 is 0 Å². The second-order valence-electron chi connectivity index (χ2n) is 4.46. The third kappa shape index (κ3) is 4.20. The van der Waals surface area contributed by atoms with Crippen LogP contribution in [0.3, 0.4) is 0 Å². The first kappa shape index (κ1) is 12.5.